The fourth-order valence-electron chi connectivity index (χ4n) is 9.86. The van der Waals surface area contributed by atoms with Gasteiger partial charge in [0, 0.05) is 33.4 Å². The minimum Gasteiger partial charge on any atom is -0.480 e. The fraction of sp³-hybridized carbons (Fsp3) is 0.304. The fourth-order valence-corrected chi connectivity index (χ4v) is 12.1. The number of alkyl halides is 6. The average Bonchev–Trinajstić information content (AvgIpc) is 3.99. The molecule has 4 aliphatic carbocycles. The Balaban J connectivity index is 1.03. The Morgan fingerprint density at radius 1 is 0.500 bits per heavy atom. The summed E-state index contributed by atoms with van der Waals surface area (Å²) >= 11 is 2.59. The van der Waals surface area contributed by atoms with Gasteiger partial charge in [0.05, 0.1) is 20.9 Å². The van der Waals surface area contributed by atoms with Crippen LogP contribution in [0.1, 0.15) is 129 Å². The molecule has 0 unspecified atom stereocenters. The van der Waals surface area contributed by atoms with E-state index in [1.165, 1.54) is 34.8 Å². The summed E-state index contributed by atoms with van der Waals surface area (Å²) in [5.41, 5.74) is -1.35. The molecule has 3 aromatic carbocycles. The number of ether oxygens (including phenoxy) is 2. The third kappa shape index (κ3) is 5.85. The molecular formula is C46H30F6N2O6S2. The van der Waals surface area contributed by atoms with E-state index in [-0.39, 0.29) is 33.4 Å². The second kappa shape index (κ2) is 13.4. The SMILES string of the molecule is O=C1C(=O)c2cc(C(F)(F)F)ccc2/C1=C/c1nc2c(s1)-c1cc3c(cc1OC21CCCCC1)-c1sc(/C=C2\C(=O)C(=O)c4cc(C(F)(F)F)ccc42)nc1C1(CCCCC1)O3. The molecule has 2 spiro atoms. The third-order valence-electron chi connectivity index (χ3n) is 12.9. The number of Topliss-reactive ketones (excluding diaryl/α,β-unsaturated/α-hetero) is 4. The highest BCUT2D eigenvalue weighted by Gasteiger charge is 2.49. The van der Waals surface area contributed by atoms with E-state index in [1.807, 2.05) is 12.1 Å². The van der Waals surface area contributed by atoms with Gasteiger partial charge in [-0.15, -0.1) is 22.7 Å². The molecule has 0 radical (unpaired) electrons. The van der Waals surface area contributed by atoms with Gasteiger partial charge in [-0.3, -0.25) is 19.2 Å². The lowest BCUT2D eigenvalue weighted by Crippen LogP contribution is -2.39. The number of hydrogen-bond donors (Lipinski definition) is 0. The van der Waals surface area contributed by atoms with Crippen LogP contribution in [0.15, 0.2) is 48.5 Å². The van der Waals surface area contributed by atoms with Gasteiger partial charge in [-0.05, 0) is 111 Å². The first-order valence-electron chi connectivity index (χ1n) is 20.2. The van der Waals surface area contributed by atoms with Crippen LogP contribution in [0.25, 0.3) is 44.2 Å². The molecule has 0 amide bonds. The summed E-state index contributed by atoms with van der Waals surface area (Å²) in [5.74, 6) is -2.71. The van der Waals surface area contributed by atoms with E-state index in [9.17, 15) is 45.5 Å². The molecule has 2 fully saturated rings. The maximum absolute atomic E-state index is 13.5. The molecule has 4 heterocycles. The largest absolute Gasteiger partial charge is 0.480 e. The first-order valence-corrected chi connectivity index (χ1v) is 21.8. The lowest BCUT2D eigenvalue weighted by Gasteiger charge is -2.43. The molecule has 2 saturated carbocycles. The molecule has 314 valence electrons. The van der Waals surface area contributed by atoms with Crippen LogP contribution in [0.4, 0.5) is 26.3 Å². The van der Waals surface area contributed by atoms with Gasteiger partial charge in [0.15, 0.2) is 11.2 Å². The molecule has 2 aliphatic heterocycles. The third-order valence-corrected chi connectivity index (χ3v) is 14.9. The number of hydrogen-bond acceptors (Lipinski definition) is 10. The molecule has 0 saturated heterocycles. The van der Waals surface area contributed by atoms with E-state index >= 15 is 0 Å². The Kier molecular flexibility index (Phi) is 8.45. The zero-order chi connectivity index (χ0) is 43.1. The predicted octanol–water partition coefficient (Wildman–Crippen LogP) is 11.7. The van der Waals surface area contributed by atoms with Crippen LogP contribution < -0.4 is 9.47 Å². The maximum Gasteiger partial charge on any atom is 0.416 e. The molecule has 8 nitrogen and oxygen atoms in total. The van der Waals surface area contributed by atoms with Gasteiger partial charge in [0.1, 0.15) is 32.9 Å². The van der Waals surface area contributed by atoms with E-state index in [0.717, 1.165) is 72.5 Å². The highest BCUT2D eigenvalue weighted by molar-refractivity contribution is 7.16. The number of aromatic nitrogens is 2. The van der Waals surface area contributed by atoms with Crippen molar-refractivity contribution in [2.24, 2.45) is 0 Å². The van der Waals surface area contributed by atoms with Crippen molar-refractivity contribution in [2.75, 3.05) is 0 Å². The predicted molar refractivity (Wildman–Crippen MR) is 217 cm³/mol. The van der Waals surface area contributed by atoms with Gasteiger partial charge in [0.25, 0.3) is 0 Å². The summed E-state index contributed by atoms with van der Waals surface area (Å²) in [6.45, 7) is 0. The maximum atomic E-state index is 13.5. The normalized spacial score (nSPS) is 20.8. The van der Waals surface area contributed by atoms with E-state index in [2.05, 4.69) is 0 Å². The number of carbonyl (C=O) groups excluding carboxylic acids is 4. The van der Waals surface area contributed by atoms with Crippen molar-refractivity contribution in [1.82, 2.24) is 9.97 Å². The lowest BCUT2D eigenvalue weighted by molar-refractivity contribution is -0.138. The first kappa shape index (κ1) is 39.1. The van der Waals surface area contributed by atoms with Crippen molar-refractivity contribution in [3.63, 3.8) is 0 Å². The molecular weight excluding hydrogens is 855 g/mol. The number of nitrogens with zero attached hydrogens (tertiary/aromatic N) is 2. The Morgan fingerprint density at radius 2 is 0.887 bits per heavy atom. The van der Waals surface area contributed by atoms with Crippen molar-refractivity contribution in [1.29, 1.82) is 0 Å². The second-order valence-electron chi connectivity index (χ2n) is 16.6. The Morgan fingerprint density at radius 3 is 1.26 bits per heavy atom. The second-order valence-corrected chi connectivity index (χ2v) is 18.6. The minimum absolute atomic E-state index is 0.0293. The number of benzene rings is 3. The van der Waals surface area contributed by atoms with Crippen molar-refractivity contribution in [2.45, 2.75) is 87.8 Å². The van der Waals surface area contributed by atoms with Crippen molar-refractivity contribution in [3.05, 3.63) is 103 Å². The Labute approximate surface area is 356 Å². The highest BCUT2D eigenvalue weighted by atomic mass is 32.1. The van der Waals surface area contributed by atoms with Crippen molar-refractivity contribution in [3.8, 4) is 32.4 Å². The van der Waals surface area contributed by atoms with Gasteiger partial charge in [0.2, 0.25) is 23.1 Å². The minimum atomic E-state index is -4.69. The molecule has 16 heteroatoms. The van der Waals surface area contributed by atoms with Crippen LogP contribution in [0.5, 0.6) is 11.5 Å². The first-order chi connectivity index (χ1) is 29.5. The molecule has 6 aliphatic rings. The zero-order valence-electron chi connectivity index (χ0n) is 32.3. The topological polar surface area (TPSA) is 113 Å². The number of halogens is 6. The van der Waals surface area contributed by atoms with Gasteiger partial charge < -0.3 is 9.47 Å². The lowest BCUT2D eigenvalue weighted by atomic mass is 9.78. The summed E-state index contributed by atoms with van der Waals surface area (Å²) in [6.07, 6.45) is 1.60. The zero-order valence-corrected chi connectivity index (χ0v) is 33.9. The summed E-state index contributed by atoms with van der Waals surface area (Å²) in [7, 11) is 0. The van der Waals surface area contributed by atoms with Crippen LogP contribution in [0.3, 0.4) is 0 Å². The van der Waals surface area contributed by atoms with Gasteiger partial charge >= 0.3 is 12.4 Å². The van der Waals surface area contributed by atoms with E-state index < -0.39 is 57.8 Å². The number of rotatable bonds is 2. The average molecular weight is 885 g/mol. The smallest absolute Gasteiger partial charge is 0.416 e. The van der Waals surface area contributed by atoms with E-state index in [4.69, 9.17) is 19.4 Å². The molecule has 5 aromatic rings. The van der Waals surface area contributed by atoms with E-state index in [1.54, 1.807) is 0 Å². The molecule has 2 aromatic heterocycles. The summed E-state index contributed by atoms with van der Waals surface area (Å²) < 4.78 is 95.1. The molecule has 0 bridgehead atoms. The van der Waals surface area contributed by atoms with Crippen molar-refractivity contribution < 1.29 is 55.0 Å². The molecule has 11 rings (SSSR count). The number of ketones is 4. The van der Waals surface area contributed by atoms with Crippen LogP contribution in [-0.2, 0) is 33.1 Å². The summed E-state index contributed by atoms with van der Waals surface area (Å²) in [5, 5.41) is 0.780. The highest BCUT2D eigenvalue weighted by Crippen LogP contribution is 2.59. The standard InChI is InChI=1S/C46H30F6N2O6S2/c47-45(48,49)21-7-9-23-25(15-21)35(55)37(57)27(23)19-33-53-41-39(61-33)29-18-32-30(17-31(29)59-43(41)11-3-1-4-12-43)40-42(44(60-32)13-5-2-6-14-44)54-34(62-40)20-28-24-10-8-22(46(50,51)52)16-26(24)36(56)38(28)58/h7-10,15-20H,1-6,11-14H2/b27-19-,28-20-. The summed E-state index contributed by atoms with van der Waals surface area (Å²) in [4.78, 5) is 64.0. The van der Waals surface area contributed by atoms with Crippen LogP contribution in [0.2, 0.25) is 0 Å². The van der Waals surface area contributed by atoms with Crippen molar-refractivity contribution >= 4 is 69.1 Å². The number of fused-ring (bicyclic) bond motifs is 10. The van der Waals surface area contributed by atoms with Gasteiger partial charge in [-0.1, -0.05) is 25.0 Å². The van der Waals surface area contributed by atoms with Crippen LogP contribution >= 0.6 is 22.7 Å². The summed E-state index contributed by atoms with van der Waals surface area (Å²) in [6, 6.07) is 9.27. The molecule has 62 heavy (non-hydrogen) atoms. The number of allylic oxidation sites excluding steroid dienone is 2. The Hall–Kier alpha value is -5.74. The molecule has 0 atom stereocenters. The van der Waals surface area contributed by atoms with E-state index in [0.29, 0.717) is 81.8 Å². The van der Waals surface area contributed by atoms with Gasteiger partial charge in [-0.25, -0.2) is 9.97 Å². The Bertz CT molecular complexity index is 2740. The monoisotopic (exact) mass is 884 g/mol. The van der Waals surface area contributed by atoms with Gasteiger partial charge in [-0.2, -0.15) is 26.3 Å². The number of thiazole rings is 2. The molecule has 0 N–H and O–H groups in total. The number of carbonyl (C=O) groups is 4. The quantitative estimate of drug-likeness (QED) is 0.0978. The van der Waals surface area contributed by atoms with Crippen LogP contribution in [0, 0.1) is 0 Å². The van der Waals surface area contributed by atoms with Crippen LogP contribution in [-0.4, -0.2) is 33.1 Å².